The van der Waals surface area contributed by atoms with Gasteiger partial charge in [0.1, 0.15) is 0 Å². The zero-order valence-electron chi connectivity index (χ0n) is 10.5. The second kappa shape index (κ2) is 5.65. The van der Waals surface area contributed by atoms with Crippen molar-refractivity contribution < 1.29 is 4.79 Å². The Morgan fingerprint density at radius 1 is 1.59 bits per heavy atom. The number of piperidine rings is 1. The van der Waals surface area contributed by atoms with Gasteiger partial charge in [0.25, 0.3) is 0 Å². The minimum Gasteiger partial charge on any atom is -0.352 e. The van der Waals surface area contributed by atoms with Crippen molar-refractivity contribution in [2.24, 2.45) is 5.92 Å². The molecule has 2 atom stereocenters. The summed E-state index contributed by atoms with van der Waals surface area (Å²) >= 11 is 1.69. The topological polar surface area (TPSA) is 41.1 Å². The van der Waals surface area contributed by atoms with Gasteiger partial charge in [-0.05, 0) is 55.1 Å². The van der Waals surface area contributed by atoms with Gasteiger partial charge in [-0.1, -0.05) is 0 Å². The molecule has 2 unspecified atom stereocenters. The van der Waals surface area contributed by atoms with Crippen LogP contribution in [0.1, 0.15) is 30.9 Å². The number of hydrogen-bond acceptors (Lipinski definition) is 3. The number of carbonyl (C=O) groups excluding carboxylic acids is 1. The summed E-state index contributed by atoms with van der Waals surface area (Å²) < 4.78 is 0. The van der Waals surface area contributed by atoms with Crippen LogP contribution in [0.4, 0.5) is 0 Å². The second-order valence-electron chi connectivity index (χ2n) is 4.87. The van der Waals surface area contributed by atoms with E-state index in [2.05, 4.69) is 35.2 Å². The highest BCUT2D eigenvalue weighted by Gasteiger charge is 2.24. The molecule has 4 heteroatoms. The van der Waals surface area contributed by atoms with Crippen molar-refractivity contribution in [2.75, 3.05) is 6.54 Å². The lowest BCUT2D eigenvalue weighted by molar-refractivity contribution is -0.126. The highest BCUT2D eigenvalue weighted by Crippen LogP contribution is 2.17. The molecule has 0 aliphatic carbocycles. The number of aryl methyl sites for hydroxylation is 1. The summed E-state index contributed by atoms with van der Waals surface area (Å²) in [5.74, 6) is 0.397. The fraction of sp³-hybridized carbons (Fsp3) is 0.615. The molecule has 0 saturated carbocycles. The molecule has 1 aliphatic rings. The van der Waals surface area contributed by atoms with E-state index in [1.54, 1.807) is 11.3 Å². The van der Waals surface area contributed by atoms with Crippen molar-refractivity contribution in [3.8, 4) is 0 Å². The van der Waals surface area contributed by atoms with Crippen molar-refractivity contribution in [1.82, 2.24) is 10.6 Å². The molecule has 1 fully saturated rings. The molecule has 17 heavy (non-hydrogen) atoms. The van der Waals surface area contributed by atoms with Crippen LogP contribution in [0.2, 0.25) is 0 Å². The quantitative estimate of drug-likeness (QED) is 0.864. The fourth-order valence-electron chi connectivity index (χ4n) is 2.26. The van der Waals surface area contributed by atoms with Gasteiger partial charge in [-0.15, -0.1) is 0 Å². The summed E-state index contributed by atoms with van der Waals surface area (Å²) in [6, 6.07) is 0.461. The predicted molar refractivity (Wildman–Crippen MR) is 71.1 cm³/mol. The molecule has 1 amide bonds. The Labute approximate surface area is 107 Å². The van der Waals surface area contributed by atoms with Gasteiger partial charge in [0, 0.05) is 18.5 Å². The lowest BCUT2D eigenvalue weighted by Gasteiger charge is -2.27. The molecule has 2 N–H and O–H groups in total. The Bertz CT molecular complexity index is 389. The Morgan fingerprint density at radius 2 is 2.41 bits per heavy atom. The molecule has 1 aromatic rings. The van der Waals surface area contributed by atoms with Crippen LogP contribution in [0.3, 0.4) is 0 Å². The van der Waals surface area contributed by atoms with Crippen LogP contribution >= 0.6 is 11.3 Å². The third kappa shape index (κ3) is 3.30. The molecule has 0 aromatic carbocycles. The minimum absolute atomic E-state index is 0.185. The van der Waals surface area contributed by atoms with Crippen LogP contribution < -0.4 is 10.6 Å². The van der Waals surface area contributed by atoms with Gasteiger partial charge in [0.15, 0.2) is 0 Å². The van der Waals surface area contributed by atoms with E-state index in [1.165, 1.54) is 11.1 Å². The first-order valence-corrected chi connectivity index (χ1v) is 7.14. The van der Waals surface area contributed by atoms with Gasteiger partial charge in [-0.2, -0.15) is 11.3 Å². The minimum atomic E-state index is 0.185. The maximum absolute atomic E-state index is 12.0. The van der Waals surface area contributed by atoms with Crippen molar-refractivity contribution in [1.29, 1.82) is 0 Å². The van der Waals surface area contributed by atoms with Crippen LogP contribution in [-0.2, 0) is 11.3 Å². The van der Waals surface area contributed by atoms with Gasteiger partial charge in [0.2, 0.25) is 5.91 Å². The molecule has 0 spiro atoms. The van der Waals surface area contributed by atoms with Crippen LogP contribution in [-0.4, -0.2) is 18.5 Å². The normalized spacial score (nSPS) is 24.6. The molecule has 1 aromatic heterocycles. The highest BCUT2D eigenvalue weighted by atomic mass is 32.1. The predicted octanol–water partition coefficient (Wildman–Crippen LogP) is 2.06. The molecule has 3 nitrogen and oxygen atoms in total. The molecule has 1 aliphatic heterocycles. The summed E-state index contributed by atoms with van der Waals surface area (Å²) in [5.41, 5.74) is 2.51. The Hall–Kier alpha value is -0.870. The summed E-state index contributed by atoms with van der Waals surface area (Å²) in [6.07, 6.45) is 1.91. The van der Waals surface area contributed by atoms with Crippen LogP contribution in [0.15, 0.2) is 10.8 Å². The Balaban J connectivity index is 1.83. The molecular formula is C13H20N2OS. The van der Waals surface area contributed by atoms with E-state index in [0.717, 1.165) is 19.4 Å². The van der Waals surface area contributed by atoms with Gasteiger partial charge in [-0.25, -0.2) is 0 Å². The number of thiophene rings is 1. The summed E-state index contributed by atoms with van der Waals surface area (Å²) in [5, 5.41) is 10.7. The third-order valence-electron chi connectivity index (χ3n) is 3.41. The molecule has 0 bridgehead atoms. The summed E-state index contributed by atoms with van der Waals surface area (Å²) in [4.78, 5) is 12.0. The smallest absolute Gasteiger partial charge is 0.223 e. The van der Waals surface area contributed by atoms with Gasteiger partial charge < -0.3 is 10.6 Å². The van der Waals surface area contributed by atoms with Crippen LogP contribution in [0, 0.1) is 12.8 Å². The first-order chi connectivity index (χ1) is 8.16. The van der Waals surface area contributed by atoms with E-state index in [0.29, 0.717) is 12.6 Å². The lowest BCUT2D eigenvalue weighted by atomic mass is 9.92. The average Bonchev–Trinajstić information content (AvgIpc) is 2.72. The zero-order chi connectivity index (χ0) is 12.3. The standard InChI is InChI=1S/C13H20N2OS/c1-9-7-17-8-12(9)6-15-13(16)11-3-4-14-10(2)5-11/h7-8,10-11,14H,3-6H2,1-2H3,(H,15,16). The maximum atomic E-state index is 12.0. The Kier molecular flexibility index (Phi) is 4.18. The molecule has 94 valence electrons. The molecule has 2 heterocycles. The van der Waals surface area contributed by atoms with E-state index >= 15 is 0 Å². The first kappa shape index (κ1) is 12.6. The summed E-state index contributed by atoms with van der Waals surface area (Å²) in [6.45, 7) is 5.86. The maximum Gasteiger partial charge on any atom is 0.223 e. The second-order valence-corrected chi connectivity index (χ2v) is 5.62. The monoisotopic (exact) mass is 252 g/mol. The van der Waals surface area contributed by atoms with Crippen LogP contribution in [0.25, 0.3) is 0 Å². The average molecular weight is 252 g/mol. The van der Waals surface area contributed by atoms with Crippen molar-refractivity contribution in [3.05, 3.63) is 21.9 Å². The molecule has 2 rings (SSSR count). The van der Waals surface area contributed by atoms with Crippen molar-refractivity contribution in [3.63, 3.8) is 0 Å². The van der Waals surface area contributed by atoms with E-state index in [9.17, 15) is 4.79 Å². The van der Waals surface area contributed by atoms with E-state index < -0.39 is 0 Å². The summed E-state index contributed by atoms with van der Waals surface area (Å²) in [7, 11) is 0. The largest absolute Gasteiger partial charge is 0.352 e. The van der Waals surface area contributed by atoms with Crippen LogP contribution in [0.5, 0.6) is 0 Å². The number of hydrogen-bond donors (Lipinski definition) is 2. The van der Waals surface area contributed by atoms with Crippen molar-refractivity contribution >= 4 is 17.2 Å². The number of nitrogens with one attached hydrogen (secondary N) is 2. The molecular weight excluding hydrogens is 232 g/mol. The zero-order valence-corrected chi connectivity index (χ0v) is 11.3. The van der Waals surface area contributed by atoms with Gasteiger partial charge >= 0.3 is 0 Å². The number of rotatable bonds is 3. The Morgan fingerprint density at radius 3 is 3.06 bits per heavy atom. The number of carbonyl (C=O) groups is 1. The van der Waals surface area contributed by atoms with Crippen molar-refractivity contribution in [2.45, 2.75) is 39.3 Å². The number of amides is 1. The van der Waals surface area contributed by atoms with E-state index in [-0.39, 0.29) is 11.8 Å². The lowest BCUT2D eigenvalue weighted by Crippen LogP contribution is -2.42. The van der Waals surface area contributed by atoms with Gasteiger partial charge in [0.05, 0.1) is 0 Å². The van der Waals surface area contributed by atoms with Gasteiger partial charge in [-0.3, -0.25) is 4.79 Å². The first-order valence-electron chi connectivity index (χ1n) is 6.19. The molecule has 0 radical (unpaired) electrons. The fourth-order valence-corrected chi connectivity index (χ4v) is 3.12. The third-order valence-corrected chi connectivity index (χ3v) is 4.32. The van der Waals surface area contributed by atoms with E-state index in [1.807, 2.05) is 0 Å². The van der Waals surface area contributed by atoms with E-state index in [4.69, 9.17) is 0 Å². The highest BCUT2D eigenvalue weighted by molar-refractivity contribution is 7.08. The SMILES string of the molecule is Cc1cscc1CNC(=O)C1CCNC(C)C1. The molecule has 1 saturated heterocycles.